The highest BCUT2D eigenvalue weighted by Gasteiger charge is 2.36. The van der Waals surface area contributed by atoms with Crippen LogP contribution in [0, 0.1) is 0 Å². The minimum absolute atomic E-state index is 0.0126. The number of aromatic amines is 1. The Bertz CT molecular complexity index is 1240. The Morgan fingerprint density at radius 2 is 1.93 bits per heavy atom. The molecule has 29 heavy (non-hydrogen) atoms. The topological polar surface area (TPSA) is 70.7 Å². The molecule has 0 saturated heterocycles. The number of pyridine rings is 2. The second-order valence-electron chi connectivity index (χ2n) is 7.92. The first-order valence-corrected chi connectivity index (χ1v) is 9.91. The van der Waals surface area contributed by atoms with E-state index in [1.807, 2.05) is 42.6 Å². The van der Waals surface area contributed by atoms with Crippen LogP contribution >= 0.6 is 0 Å². The van der Waals surface area contributed by atoms with Crippen molar-refractivity contribution in [1.82, 2.24) is 20.3 Å². The molecule has 1 unspecified atom stereocenters. The molecule has 5 nitrogen and oxygen atoms in total. The highest BCUT2D eigenvalue weighted by molar-refractivity contribution is 5.98. The smallest absolute Gasteiger partial charge is 0.253 e. The van der Waals surface area contributed by atoms with Gasteiger partial charge >= 0.3 is 0 Å². The molecule has 0 aliphatic carbocycles. The van der Waals surface area contributed by atoms with Crippen LogP contribution in [0.5, 0.6) is 0 Å². The molecular formula is C24H22N4O. The highest BCUT2D eigenvalue weighted by atomic mass is 16.1. The van der Waals surface area contributed by atoms with Crippen molar-refractivity contribution in [2.24, 2.45) is 0 Å². The zero-order valence-corrected chi connectivity index (χ0v) is 16.5. The Balaban J connectivity index is 1.58. The molecule has 1 aromatic carbocycles. The number of hydrogen-bond acceptors (Lipinski definition) is 3. The maximum absolute atomic E-state index is 12.4. The van der Waals surface area contributed by atoms with Crippen molar-refractivity contribution in [1.29, 1.82) is 0 Å². The van der Waals surface area contributed by atoms with Gasteiger partial charge in [-0.05, 0) is 36.8 Å². The number of rotatable bonds is 3. The van der Waals surface area contributed by atoms with Crippen molar-refractivity contribution in [3.8, 4) is 22.5 Å². The van der Waals surface area contributed by atoms with Gasteiger partial charge in [0.1, 0.15) is 0 Å². The summed E-state index contributed by atoms with van der Waals surface area (Å²) >= 11 is 0. The molecule has 0 spiro atoms. The molecule has 2 N–H and O–H groups in total. The third-order valence-electron chi connectivity index (χ3n) is 6.04. The number of H-pyrrole nitrogens is 1. The second-order valence-corrected chi connectivity index (χ2v) is 7.92. The summed E-state index contributed by atoms with van der Waals surface area (Å²) in [6.07, 6.45) is 4.61. The minimum atomic E-state index is -0.0837. The van der Waals surface area contributed by atoms with Gasteiger partial charge in [-0.2, -0.15) is 0 Å². The molecule has 1 atom stereocenters. The Hall–Kier alpha value is -3.47. The van der Waals surface area contributed by atoms with Gasteiger partial charge in [0.05, 0.1) is 16.8 Å². The van der Waals surface area contributed by atoms with Gasteiger partial charge in [-0.3, -0.25) is 14.8 Å². The Kier molecular flexibility index (Phi) is 3.98. The van der Waals surface area contributed by atoms with Gasteiger partial charge < -0.3 is 10.3 Å². The van der Waals surface area contributed by atoms with Crippen molar-refractivity contribution in [3.63, 3.8) is 0 Å². The summed E-state index contributed by atoms with van der Waals surface area (Å²) in [5, 5.41) is 4.11. The van der Waals surface area contributed by atoms with Crippen LogP contribution in [-0.4, -0.2) is 27.4 Å². The van der Waals surface area contributed by atoms with E-state index in [9.17, 15) is 4.79 Å². The van der Waals surface area contributed by atoms with Crippen LogP contribution in [0.1, 0.15) is 36.3 Å². The number of carbonyl (C=O) groups excluding carboxylic acids is 1. The van der Waals surface area contributed by atoms with Crippen molar-refractivity contribution in [2.75, 3.05) is 6.54 Å². The third-order valence-corrected chi connectivity index (χ3v) is 6.04. The van der Waals surface area contributed by atoms with Gasteiger partial charge in [-0.1, -0.05) is 32.0 Å². The fourth-order valence-corrected chi connectivity index (χ4v) is 3.99. The number of amides is 1. The molecule has 3 aromatic heterocycles. The van der Waals surface area contributed by atoms with Crippen LogP contribution in [0.2, 0.25) is 0 Å². The van der Waals surface area contributed by atoms with E-state index in [4.69, 9.17) is 0 Å². The van der Waals surface area contributed by atoms with Crippen LogP contribution in [-0.2, 0) is 5.41 Å². The Morgan fingerprint density at radius 3 is 2.79 bits per heavy atom. The van der Waals surface area contributed by atoms with Crippen molar-refractivity contribution in [2.45, 2.75) is 25.7 Å². The number of carbonyl (C=O) groups is 1. The van der Waals surface area contributed by atoms with Crippen LogP contribution in [0.3, 0.4) is 0 Å². The van der Waals surface area contributed by atoms with Crippen molar-refractivity contribution >= 4 is 16.8 Å². The first-order chi connectivity index (χ1) is 14.1. The third kappa shape index (κ3) is 2.90. The number of fused-ring (bicyclic) bond motifs is 2. The zero-order chi connectivity index (χ0) is 20.0. The highest BCUT2D eigenvalue weighted by Crippen LogP contribution is 2.35. The van der Waals surface area contributed by atoms with Crippen molar-refractivity contribution in [3.05, 3.63) is 72.2 Å². The SMILES string of the molecule is CCC1(C)CNC(=O)c2cc(-c3ccnc(-c4cnc5ccccc5c4)c3)[nH]c21. The lowest BCUT2D eigenvalue weighted by molar-refractivity contribution is 0.0925. The van der Waals surface area contributed by atoms with E-state index in [1.165, 1.54) is 0 Å². The second kappa shape index (κ2) is 6.55. The van der Waals surface area contributed by atoms with E-state index >= 15 is 0 Å². The summed E-state index contributed by atoms with van der Waals surface area (Å²) in [5.41, 5.74) is 6.40. The van der Waals surface area contributed by atoms with Gasteiger partial charge in [-0.15, -0.1) is 0 Å². The molecule has 0 bridgehead atoms. The molecule has 5 rings (SSSR count). The Labute approximate surface area is 169 Å². The average molecular weight is 382 g/mol. The number of nitrogens with one attached hydrogen (secondary N) is 2. The lowest BCUT2D eigenvalue weighted by atomic mass is 9.80. The molecule has 4 aromatic rings. The molecule has 5 heteroatoms. The lowest BCUT2D eigenvalue weighted by Gasteiger charge is -2.32. The summed E-state index contributed by atoms with van der Waals surface area (Å²) < 4.78 is 0. The molecule has 1 amide bonds. The van der Waals surface area contributed by atoms with E-state index in [0.717, 1.165) is 51.1 Å². The predicted octanol–water partition coefficient (Wildman–Crippen LogP) is 4.70. The van der Waals surface area contributed by atoms with Gasteiger partial charge in [-0.25, -0.2) is 0 Å². The summed E-state index contributed by atoms with van der Waals surface area (Å²) in [6, 6.07) is 16.1. The first-order valence-electron chi connectivity index (χ1n) is 9.91. The zero-order valence-electron chi connectivity index (χ0n) is 16.5. The van der Waals surface area contributed by atoms with Crippen LogP contribution < -0.4 is 5.32 Å². The van der Waals surface area contributed by atoms with Gasteiger partial charge in [0.25, 0.3) is 5.91 Å². The molecular weight excluding hydrogens is 360 g/mol. The fraction of sp³-hybridized carbons (Fsp3) is 0.208. The fourth-order valence-electron chi connectivity index (χ4n) is 3.99. The van der Waals surface area contributed by atoms with Crippen LogP contribution in [0.25, 0.3) is 33.4 Å². The predicted molar refractivity (Wildman–Crippen MR) is 115 cm³/mol. The first kappa shape index (κ1) is 17.6. The van der Waals surface area contributed by atoms with Crippen molar-refractivity contribution < 1.29 is 4.79 Å². The standard InChI is InChI=1S/C24H22N4O/c1-3-24(2)14-27-23(29)18-12-21(28-22(18)24)16-8-9-25-20(11-16)17-10-15-6-4-5-7-19(15)26-13-17/h4-13,28H,3,14H2,1-2H3,(H,27,29). The quantitative estimate of drug-likeness (QED) is 0.539. The summed E-state index contributed by atoms with van der Waals surface area (Å²) in [4.78, 5) is 25.0. The van der Waals surface area contributed by atoms with E-state index in [1.54, 1.807) is 6.20 Å². The molecule has 0 radical (unpaired) electrons. The molecule has 0 saturated carbocycles. The number of aromatic nitrogens is 3. The average Bonchev–Trinajstić information content (AvgIpc) is 3.24. The lowest BCUT2D eigenvalue weighted by Crippen LogP contribution is -2.44. The molecule has 4 heterocycles. The molecule has 1 aliphatic rings. The van der Waals surface area contributed by atoms with Gasteiger partial charge in [0.2, 0.25) is 0 Å². The monoisotopic (exact) mass is 382 g/mol. The van der Waals surface area contributed by atoms with Crippen LogP contribution in [0.15, 0.2) is 60.9 Å². The normalized spacial score (nSPS) is 18.5. The van der Waals surface area contributed by atoms with Gasteiger partial charge in [0, 0.05) is 52.3 Å². The summed E-state index contributed by atoms with van der Waals surface area (Å²) in [5.74, 6) is -0.0126. The van der Waals surface area contributed by atoms with E-state index in [2.05, 4.69) is 46.2 Å². The number of nitrogens with zero attached hydrogens (tertiary/aromatic N) is 2. The maximum atomic E-state index is 12.4. The van der Waals surface area contributed by atoms with E-state index < -0.39 is 0 Å². The van der Waals surface area contributed by atoms with E-state index in [0.29, 0.717) is 6.54 Å². The largest absolute Gasteiger partial charge is 0.357 e. The van der Waals surface area contributed by atoms with Gasteiger partial charge in [0.15, 0.2) is 0 Å². The van der Waals surface area contributed by atoms with E-state index in [-0.39, 0.29) is 11.3 Å². The number of benzene rings is 1. The summed E-state index contributed by atoms with van der Waals surface area (Å²) in [6.45, 7) is 4.99. The Morgan fingerprint density at radius 1 is 1.07 bits per heavy atom. The number of hydrogen-bond donors (Lipinski definition) is 2. The maximum Gasteiger partial charge on any atom is 0.253 e. The molecule has 1 aliphatic heterocycles. The minimum Gasteiger partial charge on any atom is -0.357 e. The molecule has 0 fully saturated rings. The summed E-state index contributed by atoms with van der Waals surface area (Å²) in [7, 11) is 0. The number of para-hydroxylation sites is 1. The van der Waals surface area contributed by atoms with Crippen LogP contribution in [0.4, 0.5) is 0 Å². The molecule has 144 valence electrons.